The number of nitrogens with zero attached hydrogens (tertiary/aromatic N) is 2. The molecule has 3 rings (SSSR count). The Kier molecular flexibility index (Phi) is 10.8. The van der Waals surface area contributed by atoms with E-state index in [1.165, 1.54) is 29.2 Å². The first-order chi connectivity index (χ1) is 18.9. The zero-order valence-electron chi connectivity index (χ0n) is 23.7. The Hall–Kier alpha value is -3.36. The summed E-state index contributed by atoms with van der Waals surface area (Å²) in [5.41, 5.74) is 3.28. The molecule has 0 saturated heterocycles. The lowest BCUT2D eigenvalue weighted by Gasteiger charge is -2.33. The predicted octanol–water partition coefficient (Wildman–Crippen LogP) is 5.53. The molecule has 0 heterocycles. The van der Waals surface area contributed by atoms with Crippen LogP contribution in [0.3, 0.4) is 0 Å². The predicted molar refractivity (Wildman–Crippen MR) is 161 cm³/mol. The third-order valence-electron chi connectivity index (χ3n) is 6.76. The van der Waals surface area contributed by atoms with Crippen LogP contribution < -0.4 is 9.62 Å². The summed E-state index contributed by atoms with van der Waals surface area (Å²) in [6, 6.07) is 20.0. The topological polar surface area (TPSA) is 86.8 Å². The van der Waals surface area contributed by atoms with Gasteiger partial charge in [0.1, 0.15) is 12.6 Å². The number of nitrogens with one attached hydrogen (secondary N) is 1. The number of aryl methyl sites for hydroxylation is 2. The summed E-state index contributed by atoms with van der Waals surface area (Å²) in [5, 5.41) is 3.31. The van der Waals surface area contributed by atoms with E-state index in [1.807, 2.05) is 71.0 Å². The third-order valence-corrected chi connectivity index (χ3v) is 8.80. The van der Waals surface area contributed by atoms with Gasteiger partial charge in [0.05, 0.1) is 10.6 Å². The molecule has 0 saturated carbocycles. The van der Waals surface area contributed by atoms with Gasteiger partial charge in [0.2, 0.25) is 11.8 Å². The fourth-order valence-corrected chi connectivity index (χ4v) is 5.95. The summed E-state index contributed by atoms with van der Waals surface area (Å²) in [5.74, 6) is -0.727. The molecule has 0 aliphatic rings. The molecule has 2 amide bonds. The van der Waals surface area contributed by atoms with Crippen molar-refractivity contribution in [3.63, 3.8) is 0 Å². The van der Waals surface area contributed by atoms with Crippen LogP contribution in [0.5, 0.6) is 0 Å². The van der Waals surface area contributed by atoms with Crippen molar-refractivity contribution in [1.29, 1.82) is 0 Å². The van der Waals surface area contributed by atoms with Gasteiger partial charge in [0.25, 0.3) is 10.0 Å². The first-order valence-corrected chi connectivity index (χ1v) is 15.2. The Balaban J connectivity index is 2.03. The van der Waals surface area contributed by atoms with Crippen LogP contribution in [0.4, 0.5) is 5.69 Å². The van der Waals surface area contributed by atoms with Crippen LogP contribution in [0.1, 0.15) is 43.9 Å². The van der Waals surface area contributed by atoms with E-state index in [-0.39, 0.29) is 23.4 Å². The van der Waals surface area contributed by atoms with Crippen LogP contribution in [-0.4, -0.2) is 50.3 Å². The van der Waals surface area contributed by atoms with Crippen LogP contribution in [-0.2, 0) is 26.0 Å². The van der Waals surface area contributed by atoms with Gasteiger partial charge in [-0.2, -0.15) is 0 Å². The second-order valence-corrected chi connectivity index (χ2v) is 12.4. The number of carbonyl (C=O) groups is 2. The van der Waals surface area contributed by atoms with E-state index < -0.39 is 28.5 Å². The molecule has 0 unspecified atom stereocenters. The van der Waals surface area contributed by atoms with E-state index >= 15 is 0 Å². The minimum atomic E-state index is -4.14. The van der Waals surface area contributed by atoms with E-state index in [4.69, 9.17) is 11.6 Å². The van der Waals surface area contributed by atoms with E-state index in [0.29, 0.717) is 23.6 Å². The molecule has 7 nitrogen and oxygen atoms in total. The third kappa shape index (κ3) is 7.86. The molecule has 0 bridgehead atoms. The summed E-state index contributed by atoms with van der Waals surface area (Å²) >= 11 is 6.02. The van der Waals surface area contributed by atoms with Crippen molar-refractivity contribution in [2.45, 2.75) is 64.4 Å². The second-order valence-electron chi connectivity index (χ2n) is 10.1. The molecule has 0 radical (unpaired) electrons. The highest BCUT2D eigenvalue weighted by molar-refractivity contribution is 7.92. The standard InChI is InChI=1S/C31H38ClN3O4S/c1-6-29(31(37)33-22(2)3)34(19-18-25-10-8-7-9-11-25)30(36)21-35(27-15-12-23(4)24(5)20-27)40(38,39)28-16-13-26(32)14-17-28/h7-17,20,22,29H,6,18-19,21H2,1-5H3,(H,33,37)/t29-/m0/s1. The van der Waals surface area contributed by atoms with E-state index in [1.54, 1.807) is 12.1 Å². The van der Waals surface area contributed by atoms with Crippen LogP contribution in [0, 0.1) is 13.8 Å². The van der Waals surface area contributed by atoms with Gasteiger partial charge in [0, 0.05) is 17.6 Å². The number of rotatable bonds is 12. The quantitative estimate of drug-likeness (QED) is 0.304. The molecule has 3 aromatic carbocycles. The SMILES string of the molecule is CC[C@@H](C(=O)NC(C)C)N(CCc1ccccc1)C(=O)CN(c1ccc(C)c(C)c1)S(=O)(=O)c1ccc(Cl)cc1. The molecule has 0 aliphatic heterocycles. The Morgan fingerprint density at radius 1 is 0.925 bits per heavy atom. The van der Waals surface area contributed by atoms with Gasteiger partial charge in [-0.05, 0) is 93.6 Å². The lowest BCUT2D eigenvalue weighted by molar-refractivity contribution is -0.139. The smallest absolute Gasteiger partial charge is 0.264 e. The van der Waals surface area contributed by atoms with Crippen LogP contribution in [0.25, 0.3) is 0 Å². The van der Waals surface area contributed by atoms with Crippen molar-refractivity contribution in [2.24, 2.45) is 0 Å². The molecular formula is C31H38ClN3O4S. The number of halogens is 1. The molecule has 1 atom stereocenters. The molecule has 0 aliphatic carbocycles. The van der Waals surface area contributed by atoms with E-state index in [0.717, 1.165) is 21.0 Å². The monoisotopic (exact) mass is 583 g/mol. The van der Waals surface area contributed by atoms with Crippen LogP contribution in [0.15, 0.2) is 77.7 Å². The Morgan fingerprint density at radius 3 is 2.15 bits per heavy atom. The number of carbonyl (C=O) groups excluding carboxylic acids is 2. The van der Waals surface area contributed by atoms with E-state index in [2.05, 4.69) is 5.32 Å². The number of sulfonamides is 1. The van der Waals surface area contributed by atoms with Gasteiger partial charge in [-0.1, -0.05) is 54.9 Å². The average molecular weight is 584 g/mol. The average Bonchev–Trinajstić information content (AvgIpc) is 2.91. The van der Waals surface area contributed by atoms with Crippen molar-refractivity contribution in [2.75, 3.05) is 17.4 Å². The van der Waals surface area contributed by atoms with Gasteiger partial charge < -0.3 is 10.2 Å². The molecule has 214 valence electrons. The Labute approximate surface area is 243 Å². The fraction of sp³-hybridized carbons (Fsp3) is 0.355. The molecule has 0 aromatic heterocycles. The summed E-state index contributed by atoms with van der Waals surface area (Å²) in [4.78, 5) is 28.7. The highest BCUT2D eigenvalue weighted by Crippen LogP contribution is 2.27. The van der Waals surface area contributed by atoms with Crippen LogP contribution >= 0.6 is 11.6 Å². The molecule has 9 heteroatoms. The highest BCUT2D eigenvalue weighted by atomic mass is 35.5. The van der Waals surface area contributed by atoms with Gasteiger partial charge in [-0.3, -0.25) is 13.9 Å². The maximum atomic E-state index is 14.0. The normalized spacial score (nSPS) is 12.2. The maximum absolute atomic E-state index is 14.0. The molecular weight excluding hydrogens is 546 g/mol. The maximum Gasteiger partial charge on any atom is 0.264 e. The van der Waals surface area contributed by atoms with Gasteiger partial charge in [-0.25, -0.2) is 8.42 Å². The first kappa shape index (κ1) is 31.2. The number of hydrogen-bond acceptors (Lipinski definition) is 4. The summed E-state index contributed by atoms with van der Waals surface area (Å²) in [7, 11) is -4.14. The minimum absolute atomic E-state index is 0.0170. The highest BCUT2D eigenvalue weighted by Gasteiger charge is 2.33. The van der Waals surface area contributed by atoms with Gasteiger partial charge >= 0.3 is 0 Å². The van der Waals surface area contributed by atoms with Gasteiger partial charge in [0.15, 0.2) is 0 Å². The lowest BCUT2D eigenvalue weighted by atomic mass is 10.1. The number of amides is 2. The molecule has 3 aromatic rings. The largest absolute Gasteiger partial charge is 0.352 e. The number of anilines is 1. The second kappa shape index (κ2) is 13.8. The zero-order valence-corrected chi connectivity index (χ0v) is 25.3. The van der Waals surface area contributed by atoms with Gasteiger partial charge in [-0.15, -0.1) is 0 Å². The van der Waals surface area contributed by atoms with Crippen LogP contribution in [0.2, 0.25) is 5.02 Å². The van der Waals surface area contributed by atoms with E-state index in [9.17, 15) is 18.0 Å². The minimum Gasteiger partial charge on any atom is -0.352 e. The van der Waals surface area contributed by atoms with Crippen molar-refractivity contribution >= 4 is 39.1 Å². The van der Waals surface area contributed by atoms with Crippen molar-refractivity contribution in [3.8, 4) is 0 Å². The van der Waals surface area contributed by atoms with Crippen molar-refractivity contribution in [3.05, 3.63) is 94.5 Å². The van der Waals surface area contributed by atoms with Crippen molar-refractivity contribution in [1.82, 2.24) is 10.2 Å². The first-order valence-electron chi connectivity index (χ1n) is 13.4. The lowest BCUT2D eigenvalue weighted by Crippen LogP contribution is -2.54. The van der Waals surface area contributed by atoms with Crippen molar-refractivity contribution < 1.29 is 18.0 Å². The Morgan fingerprint density at radius 2 is 1.57 bits per heavy atom. The summed E-state index contributed by atoms with van der Waals surface area (Å²) < 4.78 is 29.0. The number of hydrogen-bond donors (Lipinski definition) is 1. The summed E-state index contributed by atoms with van der Waals surface area (Å²) in [6.45, 7) is 9.19. The number of benzene rings is 3. The molecule has 0 fully saturated rings. The fourth-order valence-electron chi connectivity index (χ4n) is 4.42. The summed E-state index contributed by atoms with van der Waals surface area (Å²) in [6.07, 6.45) is 0.901. The molecule has 40 heavy (non-hydrogen) atoms. The Bertz CT molecular complexity index is 1410. The zero-order chi connectivity index (χ0) is 29.4. The molecule has 0 spiro atoms. The molecule has 1 N–H and O–H groups in total.